The van der Waals surface area contributed by atoms with E-state index in [9.17, 15) is 13.2 Å². The largest absolute Gasteiger partial charge is 0.293 e. The Labute approximate surface area is 217 Å². The number of carbonyl (C=O) groups excluding carboxylic acids is 1. The lowest BCUT2D eigenvalue weighted by Gasteiger charge is -2.04. The van der Waals surface area contributed by atoms with Crippen LogP contribution in [0.2, 0.25) is 0 Å². The van der Waals surface area contributed by atoms with Crippen molar-refractivity contribution in [3.63, 3.8) is 0 Å². The lowest BCUT2D eigenvalue weighted by atomic mass is 10.0. The summed E-state index contributed by atoms with van der Waals surface area (Å²) in [7, 11) is -3.78. The minimum Gasteiger partial charge on any atom is -0.293 e. The van der Waals surface area contributed by atoms with E-state index in [0.29, 0.717) is 33.6 Å². The van der Waals surface area contributed by atoms with Crippen molar-refractivity contribution in [2.24, 2.45) is 5.14 Å². The number of aromatic nitrogens is 6. The lowest BCUT2D eigenvalue weighted by Crippen LogP contribution is -2.12. The van der Waals surface area contributed by atoms with Gasteiger partial charge in [0.2, 0.25) is 15.2 Å². The van der Waals surface area contributed by atoms with Crippen LogP contribution in [0.15, 0.2) is 88.9 Å². The number of hydrogen-bond acceptors (Lipinski definition) is 8. The van der Waals surface area contributed by atoms with Crippen LogP contribution in [0.3, 0.4) is 0 Å². The van der Waals surface area contributed by atoms with Gasteiger partial charge in [-0.3, -0.25) is 9.89 Å². The normalized spacial score (nSPS) is 11.5. The Bertz CT molecular complexity index is 1660. The summed E-state index contributed by atoms with van der Waals surface area (Å²) in [4.78, 5) is 17.1. The molecule has 0 aliphatic rings. The Balaban J connectivity index is 1.25. The van der Waals surface area contributed by atoms with Crippen LogP contribution in [0, 0.1) is 6.92 Å². The van der Waals surface area contributed by atoms with Crippen LogP contribution in [0.5, 0.6) is 0 Å². The third kappa shape index (κ3) is 5.35. The number of sulfonamides is 1. The molecule has 2 aromatic heterocycles. The first-order chi connectivity index (χ1) is 17.8. The second-order valence-corrected chi connectivity index (χ2v) is 10.6. The van der Waals surface area contributed by atoms with Gasteiger partial charge in [-0.2, -0.15) is 4.98 Å². The molecule has 10 nitrogen and oxygen atoms in total. The molecule has 37 heavy (non-hydrogen) atoms. The third-order valence-corrected chi connectivity index (χ3v) is 7.42. The van der Waals surface area contributed by atoms with E-state index < -0.39 is 10.0 Å². The summed E-state index contributed by atoms with van der Waals surface area (Å²) in [6.07, 6.45) is 0. The van der Waals surface area contributed by atoms with E-state index in [-0.39, 0.29) is 16.4 Å². The number of benzene rings is 3. The standard InChI is InChI=1S/C25H21N7O3S2/c1-16-23(28-31-32(16)20-11-13-21(14-12-20)37(26,34)35)24-27-25(30-29-24)36-15-22(33)19-9-7-18(8-10-19)17-5-3-2-4-6-17/h2-14H,15H2,1H3,(H2,26,34,35)(H,27,29,30). The molecule has 0 radical (unpaired) electrons. The number of Topliss-reactive ketones (excluding diaryl/α,β-unsaturated/α-hetero) is 1. The topological polar surface area (TPSA) is 150 Å². The number of aromatic amines is 1. The summed E-state index contributed by atoms with van der Waals surface area (Å²) in [5.74, 6) is 0.567. The second-order valence-electron chi connectivity index (χ2n) is 8.10. The highest BCUT2D eigenvalue weighted by Crippen LogP contribution is 2.24. The summed E-state index contributed by atoms with van der Waals surface area (Å²) in [5, 5.41) is 20.9. The molecule has 12 heteroatoms. The Hall–Kier alpha value is -4.13. The highest BCUT2D eigenvalue weighted by atomic mass is 32.2. The van der Waals surface area contributed by atoms with Crippen LogP contribution in [0.1, 0.15) is 16.1 Å². The van der Waals surface area contributed by atoms with E-state index in [1.54, 1.807) is 23.7 Å². The molecule has 0 aliphatic heterocycles. The molecule has 0 atom stereocenters. The van der Waals surface area contributed by atoms with Gasteiger partial charge in [-0.1, -0.05) is 71.6 Å². The molecule has 0 saturated heterocycles. The molecule has 2 heterocycles. The highest BCUT2D eigenvalue weighted by molar-refractivity contribution is 7.99. The number of nitrogens with two attached hydrogens (primary N) is 1. The zero-order chi connectivity index (χ0) is 26.0. The Morgan fingerprint density at radius 3 is 2.32 bits per heavy atom. The number of nitrogens with zero attached hydrogens (tertiary/aromatic N) is 5. The molecule has 0 saturated carbocycles. The van der Waals surface area contributed by atoms with Crippen molar-refractivity contribution in [1.82, 2.24) is 30.2 Å². The van der Waals surface area contributed by atoms with Crippen molar-refractivity contribution in [3.8, 4) is 28.3 Å². The molecule has 5 rings (SSSR count). The number of thioether (sulfide) groups is 1. The van der Waals surface area contributed by atoms with E-state index >= 15 is 0 Å². The molecular formula is C25H21N7O3S2. The molecule has 5 aromatic rings. The number of primary sulfonamides is 1. The van der Waals surface area contributed by atoms with Crippen LogP contribution < -0.4 is 5.14 Å². The average Bonchev–Trinajstić information content (AvgIpc) is 3.54. The van der Waals surface area contributed by atoms with Crippen LogP contribution in [0.25, 0.3) is 28.3 Å². The van der Waals surface area contributed by atoms with Gasteiger partial charge in [0.15, 0.2) is 17.3 Å². The van der Waals surface area contributed by atoms with Crippen molar-refractivity contribution < 1.29 is 13.2 Å². The Morgan fingerprint density at radius 2 is 1.65 bits per heavy atom. The monoisotopic (exact) mass is 531 g/mol. The molecule has 0 amide bonds. The maximum Gasteiger partial charge on any atom is 0.238 e. The third-order valence-electron chi connectivity index (χ3n) is 5.64. The fourth-order valence-electron chi connectivity index (χ4n) is 3.68. The minimum atomic E-state index is -3.78. The van der Waals surface area contributed by atoms with Gasteiger partial charge in [-0.25, -0.2) is 18.2 Å². The summed E-state index contributed by atoms with van der Waals surface area (Å²) < 4.78 is 24.5. The zero-order valence-electron chi connectivity index (χ0n) is 19.6. The predicted molar refractivity (Wildman–Crippen MR) is 140 cm³/mol. The smallest absolute Gasteiger partial charge is 0.238 e. The van der Waals surface area contributed by atoms with Crippen LogP contribution in [-0.2, 0) is 10.0 Å². The Morgan fingerprint density at radius 1 is 0.973 bits per heavy atom. The maximum atomic E-state index is 12.7. The quantitative estimate of drug-likeness (QED) is 0.228. The SMILES string of the molecule is Cc1c(-c2nc(SCC(=O)c3ccc(-c4ccccc4)cc3)n[nH]2)nnn1-c1ccc(S(N)(=O)=O)cc1. The number of carbonyl (C=O) groups is 1. The van der Waals surface area contributed by atoms with E-state index in [0.717, 1.165) is 11.1 Å². The molecule has 0 aliphatic carbocycles. The first kappa shape index (κ1) is 24.6. The van der Waals surface area contributed by atoms with Crippen LogP contribution >= 0.6 is 11.8 Å². The number of ketones is 1. The van der Waals surface area contributed by atoms with E-state index in [2.05, 4.69) is 25.5 Å². The zero-order valence-corrected chi connectivity index (χ0v) is 21.2. The van der Waals surface area contributed by atoms with E-state index in [4.69, 9.17) is 5.14 Å². The molecule has 186 valence electrons. The number of nitrogens with one attached hydrogen (secondary N) is 1. The van der Waals surface area contributed by atoms with Gasteiger partial charge < -0.3 is 0 Å². The first-order valence-electron chi connectivity index (χ1n) is 11.1. The van der Waals surface area contributed by atoms with Crippen LogP contribution in [-0.4, -0.2) is 50.1 Å². The van der Waals surface area contributed by atoms with Crippen molar-refractivity contribution >= 4 is 27.6 Å². The predicted octanol–water partition coefficient (Wildman–Crippen LogP) is 3.65. The number of H-pyrrole nitrogens is 1. The molecule has 0 spiro atoms. The summed E-state index contributed by atoms with van der Waals surface area (Å²) in [5.41, 5.74) is 4.53. The average molecular weight is 532 g/mol. The lowest BCUT2D eigenvalue weighted by molar-refractivity contribution is 0.102. The molecule has 3 N–H and O–H groups in total. The van der Waals surface area contributed by atoms with Gasteiger partial charge in [0.1, 0.15) is 0 Å². The Kier molecular flexibility index (Phi) is 6.70. The number of hydrogen-bond donors (Lipinski definition) is 2. The fourth-order valence-corrected chi connectivity index (χ4v) is 4.89. The van der Waals surface area contributed by atoms with Crippen molar-refractivity contribution in [2.45, 2.75) is 17.0 Å². The summed E-state index contributed by atoms with van der Waals surface area (Å²) in [6.45, 7) is 1.81. The van der Waals surface area contributed by atoms with Crippen molar-refractivity contribution in [3.05, 3.63) is 90.1 Å². The van der Waals surface area contributed by atoms with Gasteiger partial charge in [-0.15, -0.1) is 10.2 Å². The van der Waals surface area contributed by atoms with Gasteiger partial charge in [0.25, 0.3) is 0 Å². The van der Waals surface area contributed by atoms with E-state index in [1.807, 2.05) is 54.6 Å². The molecule has 0 fully saturated rings. The van der Waals surface area contributed by atoms with Crippen LogP contribution in [0.4, 0.5) is 0 Å². The summed E-state index contributed by atoms with van der Waals surface area (Å²) >= 11 is 1.23. The second kappa shape index (κ2) is 10.1. The number of rotatable bonds is 8. The molecular weight excluding hydrogens is 510 g/mol. The van der Waals surface area contributed by atoms with Gasteiger partial charge in [0, 0.05) is 5.56 Å². The van der Waals surface area contributed by atoms with Gasteiger partial charge >= 0.3 is 0 Å². The molecule has 3 aromatic carbocycles. The first-order valence-corrected chi connectivity index (χ1v) is 13.6. The molecule has 0 bridgehead atoms. The van der Waals surface area contributed by atoms with E-state index in [1.165, 1.54) is 23.9 Å². The van der Waals surface area contributed by atoms with Crippen molar-refractivity contribution in [1.29, 1.82) is 0 Å². The molecule has 0 unspecified atom stereocenters. The maximum absolute atomic E-state index is 12.7. The highest BCUT2D eigenvalue weighted by Gasteiger charge is 2.18. The fraction of sp³-hybridized carbons (Fsp3) is 0.0800. The minimum absolute atomic E-state index is 0.00725. The van der Waals surface area contributed by atoms with Gasteiger partial charge in [0.05, 0.1) is 22.0 Å². The van der Waals surface area contributed by atoms with Crippen molar-refractivity contribution in [2.75, 3.05) is 5.75 Å². The van der Waals surface area contributed by atoms with Gasteiger partial charge in [-0.05, 0) is 42.3 Å². The summed E-state index contributed by atoms with van der Waals surface area (Å²) in [6, 6.07) is 23.5.